The molecule has 1 fully saturated rings. The topological polar surface area (TPSA) is 12.5 Å². The summed E-state index contributed by atoms with van der Waals surface area (Å²) in [4.78, 5) is 0. The molecule has 1 saturated heterocycles. The number of epoxide rings is 1. The Hall–Kier alpha value is -0.603. The van der Waals surface area contributed by atoms with Gasteiger partial charge in [-0.2, -0.15) is 0 Å². The van der Waals surface area contributed by atoms with Crippen LogP contribution in [-0.2, 0) is 4.74 Å². The van der Waals surface area contributed by atoms with Crippen molar-refractivity contribution in [1.29, 1.82) is 0 Å². The standard InChI is InChI=1S/C13H20OSi/c1-5-13(2)12(14-13)15(3,4)11-9-7-6-8-10-11/h6-10,12H,5H2,1-4H3/t12-,13+/m1/s1. The monoisotopic (exact) mass is 220 g/mol. The van der Waals surface area contributed by atoms with Crippen molar-refractivity contribution in [3.8, 4) is 0 Å². The van der Waals surface area contributed by atoms with E-state index >= 15 is 0 Å². The molecule has 1 aliphatic rings. The maximum Gasteiger partial charge on any atom is 0.117 e. The van der Waals surface area contributed by atoms with Gasteiger partial charge in [-0.05, 0) is 13.3 Å². The van der Waals surface area contributed by atoms with E-state index in [9.17, 15) is 0 Å². The van der Waals surface area contributed by atoms with Gasteiger partial charge < -0.3 is 4.74 Å². The van der Waals surface area contributed by atoms with Crippen molar-refractivity contribution in [3.05, 3.63) is 30.3 Å². The molecule has 1 heterocycles. The zero-order chi connectivity index (χ0) is 11.1. The Morgan fingerprint density at radius 2 is 1.87 bits per heavy atom. The highest BCUT2D eigenvalue weighted by molar-refractivity contribution is 6.91. The first-order valence-electron chi connectivity index (χ1n) is 5.74. The molecule has 1 aliphatic heterocycles. The molecule has 0 N–H and O–H groups in total. The molecule has 0 amide bonds. The van der Waals surface area contributed by atoms with Gasteiger partial charge >= 0.3 is 0 Å². The molecule has 1 nitrogen and oxygen atoms in total. The van der Waals surface area contributed by atoms with Gasteiger partial charge in [-0.3, -0.25) is 0 Å². The highest BCUT2D eigenvalue weighted by Gasteiger charge is 2.59. The van der Waals surface area contributed by atoms with E-state index in [1.54, 1.807) is 0 Å². The van der Waals surface area contributed by atoms with Gasteiger partial charge in [0.05, 0.1) is 11.3 Å². The summed E-state index contributed by atoms with van der Waals surface area (Å²) < 4.78 is 5.93. The van der Waals surface area contributed by atoms with Crippen molar-refractivity contribution in [2.75, 3.05) is 0 Å². The van der Waals surface area contributed by atoms with E-state index in [1.165, 1.54) is 5.19 Å². The van der Waals surface area contributed by atoms with E-state index < -0.39 is 8.07 Å². The van der Waals surface area contributed by atoms with Crippen LogP contribution in [0.2, 0.25) is 13.1 Å². The maximum absolute atomic E-state index is 5.93. The van der Waals surface area contributed by atoms with Crippen molar-refractivity contribution in [2.24, 2.45) is 0 Å². The minimum absolute atomic E-state index is 0.158. The lowest BCUT2D eigenvalue weighted by Gasteiger charge is -2.21. The first kappa shape index (κ1) is 10.9. The molecule has 0 aromatic heterocycles. The van der Waals surface area contributed by atoms with Crippen LogP contribution in [0.4, 0.5) is 0 Å². The fourth-order valence-electron chi connectivity index (χ4n) is 2.43. The van der Waals surface area contributed by atoms with Crippen molar-refractivity contribution in [1.82, 2.24) is 0 Å². The van der Waals surface area contributed by atoms with Gasteiger partial charge in [0.1, 0.15) is 8.07 Å². The lowest BCUT2D eigenvalue weighted by Crippen LogP contribution is -2.49. The Kier molecular flexibility index (Phi) is 2.51. The Balaban J connectivity index is 2.23. The van der Waals surface area contributed by atoms with Crippen LogP contribution >= 0.6 is 0 Å². The van der Waals surface area contributed by atoms with E-state index in [4.69, 9.17) is 4.74 Å². The molecule has 0 bridgehead atoms. The molecule has 0 radical (unpaired) electrons. The SMILES string of the molecule is CC[C@]1(C)O[C@@H]1[Si](C)(C)c1ccccc1. The second-order valence-electron chi connectivity index (χ2n) is 5.25. The lowest BCUT2D eigenvalue weighted by molar-refractivity contribution is 0.312. The van der Waals surface area contributed by atoms with Crippen LogP contribution in [0.5, 0.6) is 0 Å². The molecular weight excluding hydrogens is 200 g/mol. The number of hydrogen-bond donors (Lipinski definition) is 0. The minimum atomic E-state index is -1.42. The van der Waals surface area contributed by atoms with Crippen molar-refractivity contribution in [2.45, 2.75) is 44.7 Å². The van der Waals surface area contributed by atoms with Crippen LogP contribution in [-0.4, -0.2) is 19.4 Å². The number of benzene rings is 1. The molecule has 2 atom stereocenters. The van der Waals surface area contributed by atoms with Crippen LogP contribution in [0.3, 0.4) is 0 Å². The molecule has 2 heteroatoms. The Morgan fingerprint density at radius 3 is 2.33 bits per heavy atom. The predicted octanol–water partition coefficient (Wildman–Crippen LogP) is 2.71. The van der Waals surface area contributed by atoms with Gasteiger partial charge in [-0.15, -0.1) is 0 Å². The third-order valence-electron chi connectivity index (χ3n) is 3.76. The summed E-state index contributed by atoms with van der Waals surface area (Å²) >= 11 is 0. The van der Waals surface area contributed by atoms with Crippen LogP contribution in [0.1, 0.15) is 20.3 Å². The highest BCUT2D eigenvalue weighted by Crippen LogP contribution is 2.44. The maximum atomic E-state index is 5.93. The normalized spacial score (nSPS) is 30.3. The van der Waals surface area contributed by atoms with Gasteiger partial charge in [0.2, 0.25) is 0 Å². The highest BCUT2D eigenvalue weighted by atomic mass is 28.3. The summed E-state index contributed by atoms with van der Waals surface area (Å²) in [5.74, 6) is 0. The van der Waals surface area contributed by atoms with E-state index in [-0.39, 0.29) is 5.60 Å². The first-order chi connectivity index (χ1) is 7.00. The second kappa shape index (κ2) is 3.46. The van der Waals surface area contributed by atoms with Gasteiger partial charge in [-0.25, -0.2) is 0 Å². The third-order valence-corrected chi connectivity index (χ3v) is 7.62. The Bertz CT molecular complexity index is 347. The average Bonchev–Trinajstić information content (AvgIpc) is 2.94. The van der Waals surface area contributed by atoms with E-state index in [1.807, 2.05) is 0 Å². The molecule has 0 spiro atoms. The van der Waals surface area contributed by atoms with E-state index in [0.717, 1.165) is 6.42 Å². The fourth-order valence-corrected chi connectivity index (χ4v) is 6.08. The van der Waals surface area contributed by atoms with Gasteiger partial charge in [0.25, 0.3) is 0 Å². The molecule has 1 aromatic rings. The summed E-state index contributed by atoms with van der Waals surface area (Å²) in [7, 11) is -1.42. The van der Waals surface area contributed by atoms with Gasteiger partial charge in [-0.1, -0.05) is 55.5 Å². The Labute approximate surface area is 93.5 Å². The fraction of sp³-hybridized carbons (Fsp3) is 0.538. The van der Waals surface area contributed by atoms with E-state index in [2.05, 4.69) is 57.3 Å². The molecule has 15 heavy (non-hydrogen) atoms. The van der Waals surface area contributed by atoms with Crippen molar-refractivity contribution in [3.63, 3.8) is 0 Å². The molecular formula is C13H20OSi. The zero-order valence-electron chi connectivity index (χ0n) is 10.1. The summed E-state index contributed by atoms with van der Waals surface area (Å²) in [6.07, 6.45) is 1.13. The van der Waals surface area contributed by atoms with Gasteiger partial charge in [0.15, 0.2) is 0 Å². The summed E-state index contributed by atoms with van der Waals surface area (Å²) in [6, 6.07) is 10.9. The van der Waals surface area contributed by atoms with Crippen molar-refractivity contribution >= 4 is 13.3 Å². The number of hydrogen-bond acceptors (Lipinski definition) is 1. The van der Waals surface area contributed by atoms with E-state index in [0.29, 0.717) is 5.73 Å². The summed E-state index contributed by atoms with van der Waals surface area (Å²) in [6.45, 7) is 9.28. The largest absolute Gasteiger partial charge is 0.370 e. The smallest absolute Gasteiger partial charge is 0.117 e. The number of ether oxygens (including phenoxy) is 1. The number of rotatable bonds is 3. The summed E-state index contributed by atoms with van der Waals surface area (Å²) in [5, 5.41) is 1.51. The molecule has 0 unspecified atom stereocenters. The summed E-state index contributed by atoms with van der Waals surface area (Å²) in [5.41, 5.74) is 0.656. The van der Waals surface area contributed by atoms with Crippen LogP contribution < -0.4 is 5.19 Å². The second-order valence-corrected chi connectivity index (χ2v) is 9.80. The first-order valence-corrected chi connectivity index (χ1v) is 8.82. The van der Waals surface area contributed by atoms with Crippen LogP contribution in [0.25, 0.3) is 0 Å². The minimum Gasteiger partial charge on any atom is -0.370 e. The van der Waals surface area contributed by atoms with Crippen molar-refractivity contribution < 1.29 is 4.74 Å². The predicted molar refractivity (Wildman–Crippen MR) is 67.1 cm³/mol. The van der Waals surface area contributed by atoms with Crippen LogP contribution in [0, 0.1) is 0 Å². The lowest BCUT2D eigenvalue weighted by atomic mass is 10.1. The van der Waals surface area contributed by atoms with Gasteiger partial charge in [0, 0.05) is 0 Å². The molecule has 2 rings (SSSR count). The molecule has 0 saturated carbocycles. The zero-order valence-corrected chi connectivity index (χ0v) is 11.1. The molecule has 0 aliphatic carbocycles. The quantitative estimate of drug-likeness (QED) is 0.563. The molecule has 82 valence electrons. The Morgan fingerprint density at radius 1 is 1.27 bits per heavy atom. The average molecular weight is 220 g/mol. The van der Waals surface area contributed by atoms with Crippen LogP contribution in [0.15, 0.2) is 30.3 Å². The molecule has 1 aromatic carbocycles. The third kappa shape index (κ3) is 1.77.